The molecule has 3 aromatic rings. The molecule has 1 heterocycles. The fourth-order valence-corrected chi connectivity index (χ4v) is 5.09. The van der Waals surface area contributed by atoms with Crippen LogP contribution in [0, 0.1) is 5.92 Å². The van der Waals surface area contributed by atoms with Gasteiger partial charge in [0.15, 0.2) is 0 Å². The molecule has 1 aliphatic heterocycles. The van der Waals surface area contributed by atoms with Crippen LogP contribution in [0.4, 0.5) is 5.69 Å². The van der Waals surface area contributed by atoms with Crippen molar-refractivity contribution in [1.82, 2.24) is 4.90 Å². The molecule has 0 saturated carbocycles. The average molecular weight is 515 g/mol. The van der Waals surface area contributed by atoms with Gasteiger partial charge in [0.2, 0.25) is 5.91 Å². The normalized spacial score (nSPS) is 15.3. The van der Waals surface area contributed by atoms with E-state index in [9.17, 15) is 4.79 Å². The molecule has 3 aromatic carbocycles. The van der Waals surface area contributed by atoms with Crippen LogP contribution in [0.2, 0.25) is 0 Å². The van der Waals surface area contributed by atoms with E-state index >= 15 is 0 Å². The Morgan fingerprint density at radius 3 is 2.32 bits per heavy atom. The molecule has 0 aromatic heterocycles. The highest BCUT2D eigenvalue weighted by Crippen LogP contribution is 2.31. The molecule has 202 valence electrons. The highest BCUT2D eigenvalue weighted by molar-refractivity contribution is 5.92. The second kappa shape index (κ2) is 14.0. The van der Waals surface area contributed by atoms with Gasteiger partial charge in [-0.2, -0.15) is 0 Å². The number of likely N-dealkylation sites (tertiary alicyclic amines) is 1. The quantitative estimate of drug-likeness (QED) is 0.255. The summed E-state index contributed by atoms with van der Waals surface area (Å²) >= 11 is 0. The van der Waals surface area contributed by atoms with Gasteiger partial charge in [-0.25, -0.2) is 0 Å². The lowest BCUT2D eigenvalue weighted by Gasteiger charge is -2.32. The number of anilines is 1. The number of nitrogens with one attached hydrogen (secondary N) is 1. The van der Waals surface area contributed by atoms with Crippen molar-refractivity contribution in [3.05, 3.63) is 90.0 Å². The number of methoxy groups -OCH3 is 1. The van der Waals surface area contributed by atoms with Gasteiger partial charge in [-0.3, -0.25) is 4.79 Å². The summed E-state index contributed by atoms with van der Waals surface area (Å²) in [4.78, 5) is 14.7. The van der Waals surface area contributed by atoms with Crippen LogP contribution in [-0.2, 0) is 4.79 Å². The number of rotatable bonds is 12. The molecule has 1 saturated heterocycles. The minimum absolute atomic E-state index is 0.0149. The van der Waals surface area contributed by atoms with E-state index in [-0.39, 0.29) is 17.9 Å². The Balaban J connectivity index is 1.23. The summed E-state index contributed by atoms with van der Waals surface area (Å²) in [6.45, 7) is 7.21. The van der Waals surface area contributed by atoms with Gasteiger partial charge < -0.3 is 19.7 Å². The van der Waals surface area contributed by atoms with Crippen LogP contribution in [0.25, 0.3) is 0 Å². The third-order valence-electron chi connectivity index (χ3n) is 7.44. The van der Waals surface area contributed by atoms with E-state index in [2.05, 4.69) is 58.7 Å². The zero-order chi connectivity index (χ0) is 26.7. The minimum Gasteiger partial charge on any atom is -0.497 e. The summed E-state index contributed by atoms with van der Waals surface area (Å²) in [5, 5.41) is 3.04. The molecule has 0 bridgehead atoms. The molecule has 5 nitrogen and oxygen atoms in total. The smallest absolute Gasteiger partial charge is 0.226 e. The Kier molecular flexibility index (Phi) is 10.2. The van der Waals surface area contributed by atoms with Crippen LogP contribution in [0.15, 0.2) is 78.9 Å². The number of hydrogen-bond donors (Lipinski definition) is 1. The van der Waals surface area contributed by atoms with E-state index in [1.54, 1.807) is 7.11 Å². The van der Waals surface area contributed by atoms with Crippen LogP contribution in [0.5, 0.6) is 11.5 Å². The van der Waals surface area contributed by atoms with Gasteiger partial charge in [0.25, 0.3) is 0 Å². The molecule has 1 amide bonds. The summed E-state index contributed by atoms with van der Waals surface area (Å²) in [5.74, 6) is 2.32. The van der Waals surface area contributed by atoms with Crippen LogP contribution in [0.1, 0.15) is 69.1 Å². The molecule has 1 atom stereocenters. The molecule has 1 aliphatic rings. The molecule has 1 N–H and O–H groups in total. The fraction of sp³-hybridized carbons (Fsp3) is 0.424. The van der Waals surface area contributed by atoms with Crippen molar-refractivity contribution in [2.45, 2.75) is 58.0 Å². The van der Waals surface area contributed by atoms with Gasteiger partial charge >= 0.3 is 0 Å². The standard InChI is InChI=1S/C33H42N2O3/c1-25(2)33(36)34-29-13-9-12-28(24-29)26-19-22-35(23-20-26)21-8-7-14-32(27-10-5-4-6-11-27)38-31-17-15-30(37-3)16-18-31/h4-6,9-13,15-18,24-26,32H,7-8,14,19-23H2,1-3H3,(H,34,36). The summed E-state index contributed by atoms with van der Waals surface area (Å²) in [5.41, 5.74) is 3.47. The molecular weight excluding hydrogens is 472 g/mol. The number of carbonyl (C=O) groups is 1. The highest BCUT2D eigenvalue weighted by atomic mass is 16.5. The topological polar surface area (TPSA) is 50.8 Å². The van der Waals surface area contributed by atoms with E-state index in [1.807, 2.05) is 44.2 Å². The van der Waals surface area contributed by atoms with Crippen molar-refractivity contribution in [1.29, 1.82) is 0 Å². The molecule has 0 radical (unpaired) electrons. The van der Waals surface area contributed by atoms with Crippen molar-refractivity contribution in [2.24, 2.45) is 5.92 Å². The first-order valence-electron chi connectivity index (χ1n) is 14.0. The Labute approximate surface area is 228 Å². The number of unbranched alkanes of at least 4 members (excludes halogenated alkanes) is 1. The molecule has 38 heavy (non-hydrogen) atoms. The molecule has 1 unspecified atom stereocenters. The van der Waals surface area contributed by atoms with Gasteiger partial charge in [0.1, 0.15) is 17.6 Å². The zero-order valence-corrected chi connectivity index (χ0v) is 23.1. The van der Waals surface area contributed by atoms with Gasteiger partial charge in [0, 0.05) is 11.6 Å². The molecule has 0 aliphatic carbocycles. The van der Waals surface area contributed by atoms with E-state index in [0.717, 1.165) is 68.9 Å². The molecule has 5 heteroatoms. The van der Waals surface area contributed by atoms with Crippen molar-refractivity contribution in [2.75, 3.05) is 32.1 Å². The molecule has 4 rings (SSSR count). The van der Waals surface area contributed by atoms with E-state index in [1.165, 1.54) is 11.1 Å². The summed E-state index contributed by atoms with van der Waals surface area (Å²) in [7, 11) is 1.68. The number of nitrogens with zero attached hydrogens (tertiary/aromatic N) is 1. The van der Waals surface area contributed by atoms with E-state index in [0.29, 0.717) is 5.92 Å². The zero-order valence-electron chi connectivity index (χ0n) is 23.1. The maximum absolute atomic E-state index is 12.1. The SMILES string of the molecule is COc1ccc(OC(CCCCN2CCC(c3cccc(NC(=O)C(C)C)c3)CC2)c2ccccc2)cc1. The Bertz CT molecular complexity index is 1120. The summed E-state index contributed by atoms with van der Waals surface area (Å²) in [6, 6.07) is 26.8. The van der Waals surface area contributed by atoms with Crippen LogP contribution in [0.3, 0.4) is 0 Å². The lowest BCUT2D eigenvalue weighted by atomic mass is 9.89. The monoisotopic (exact) mass is 514 g/mol. The predicted molar refractivity (Wildman–Crippen MR) is 155 cm³/mol. The van der Waals surface area contributed by atoms with Crippen LogP contribution in [-0.4, -0.2) is 37.6 Å². The number of ether oxygens (including phenoxy) is 2. The lowest BCUT2D eigenvalue weighted by Crippen LogP contribution is -2.33. The average Bonchev–Trinajstić information content (AvgIpc) is 2.96. The second-order valence-corrected chi connectivity index (χ2v) is 10.6. The number of amides is 1. The maximum atomic E-state index is 12.1. The molecule has 1 fully saturated rings. The van der Waals surface area contributed by atoms with E-state index < -0.39 is 0 Å². The van der Waals surface area contributed by atoms with Crippen LogP contribution >= 0.6 is 0 Å². The van der Waals surface area contributed by atoms with Gasteiger partial charge in [0.05, 0.1) is 7.11 Å². The Hall–Kier alpha value is -3.31. The number of piperidine rings is 1. The van der Waals surface area contributed by atoms with Crippen molar-refractivity contribution < 1.29 is 14.3 Å². The van der Waals surface area contributed by atoms with E-state index in [4.69, 9.17) is 9.47 Å². The summed E-state index contributed by atoms with van der Waals surface area (Å²) in [6.07, 6.45) is 5.63. The predicted octanol–water partition coefficient (Wildman–Crippen LogP) is 7.46. The lowest BCUT2D eigenvalue weighted by molar-refractivity contribution is -0.118. The Morgan fingerprint density at radius 1 is 0.921 bits per heavy atom. The van der Waals surface area contributed by atoms with Crippen molar-refractivity contribution >= 4 is 11.6 Å². The minimum atomic E-state index is -0.0149. The molecular formula is C33H42N2O3. The molecule has 0 spiro atoms. The third-order valence-corrected chi connectivity index (χ3v) is 7.44. The van der Waals surface area contributed by atoms with Gasteiger partial charge in [-0.1, -0.05) is 56.3 Å². The largest absolute Gasteiger partial charge is 0.497 e. The van der Waals surface area contributed by atoms with Gasteiger partial charge in [-0.15, -0.1) is 0 Å². The number of carbonyl (C=O) groups excluding carboxylic acids is 1. The number of benzene rings is 3. The van der Waals surface area contributed by atoms with Crippen molar-refractivity contribution in [3.8, 4) is 11.5 Å². The first kappa shape index (κ1) is 27.7. The first-order chi connectivity index (χ1) is 18.5. The second-order valence-electron chi connectivity index (χ2n) is 10.6. The highest BCUT2D eigenvalue weighted by Gasteiger charge is 2.21. The van der Waals surface area contributed by atoms with Gasteiger partial charge in [-0.05, 0) is 105 Å². The maximum Gasteiger partial charge on any atom is 0.226 e. The third kappa shape index (κ3) is 8.09. The van der Waals surface area contributed by atoms with Crippen molar-refractivity contribution in [3.63, 3.8) is 0 Å². The fourth-order valence-electron chi connectivity index (χ4n) is 5.09. The first-order valence-corrected chi connectivity index (χ1v) is 14.0. The Morgan fingerprint density at radius 2 is 1.63 bits per heavy atom. The van der Waals surface area contributed by atoms with Crippen LogP contribution < -0.4 is 14.8 Å². The number of hydrogen-bond acceptors (Lipinski definition) is 4. The summed E-state index contributed by atoms with van der Waals surface area (Å²) < 4.78 is 11.7.